The molecular formula is C30H36ClN5O3. The summed E-state index contributed by atoms with van der Waals surface area (Å²) in [6, 6.07) is 14.9. The van der Waals surface area contributed by atoms with Crippen LogP contribution in [0.4, 0.5) is 11.5 Å². The number of fused-ring (bicyclic) bond motifs is 1. The van der Waals surface area contributed by atoms with Gasteiger partial charge >= 0.3 is 0 Å². The second kappa shape index (κ2) is 11.8. The molecule has 2 heterocycles. The minimum Gasteiger partial charge on any atom is -0.506 e. The van der Waals surface area contributed by atoms with Gasteiger partial charge in [-0.15, -0.1) is 0 Å². The predicted molar refractivity (Wildman–Crippen MR) is 154 cm³/mol. The van der Waals surface area contributed by atoms with E-state index in [-0.39, 0.29) is 23.5 Å². The number of carbonyl (C=O) groups is 1. The summed E-state index contributed by atoms with van der Waals surface area (Å²) in [5.41, 5.74) is 3.48. The molecule has 1 amide bonds. The van der Waals surface area contributed by atoms with Crippen molar-refractivity contribution >= 4 is 29.0 Å². The molecule has 0 radical (unpaired) electrons. The van der Waals surface area contributed by atoms with Gasteiger partial charge in [0.2, 0.25) is 5.91 Å². The summed E-state index contributed by atoms with van der Waals surface area (Å²) >= 11 is 6.16. The lowest BCUT2D eigenvalue weighted by atomic mass is 9.93. The number of aromatic hydroxyl groups is 1. The van der Waals surface area contributed by atoms with Gasteiger partial charge in [0, 0.05) is 49.9 Å². The van der Waals surface area contributed by atoms with Crippen LogP contribution in [-0.4, -0.2) is 70.3 Å². The number of amides is 1. The quantitative estimate of drug-likeness (QED) is 0.420. The summed E-state index contributed by atoms with van der Waals surface area (Å²) in [6.07, 6.45) is 2.27. The number of piperazine rings is 1. The number of aliphatic hydroxyl groups excluding tert-OH is 1. The molecule has 0 saturated carbocycles. The number of anilines is 2. The molecule has 5 rings (SSSR count). The van der Waals surface area contributed by atoms with Gasteiger partial charge in [0.1, 0.15) is 17.9 Å². The predicted octanol–water partition coefficient (Wildman–Crippen LogP) is 4.73. The number of carbonyl (C=O) groups excluding carboxylic acids is 1. The summed E-state index contributed by atoms with van der Waals surface area (Å²) < 4.78 is 0. The van der Waals surface area contributed by atoms with Crippen molar-refractivity contribution in [1.82, 2.24) is 14.9 Å². The van der Waals surface area contributed by atoms with Crippen LogP contribution >= 0.6 is 11.6 Å². The van der Waals surface area contributed by atoms with Crippen LogP contribution in [0.15, 0.2) is 54.9 Å². The highest BCUT2D eigenvalue weighted by atomic mass is 35.5. The van der Waals surface area contributed by atoms with Crippen molar-refractivity contribution in [3.05, 3.63) is 76.7 Å². The molecule has 1 aliphatic heterocycles. The van der Waals surface area contributed by atoms with Crippen molar-refractivity contribution in [1.29, 1.82) is 0 Å². The number of hydrogen-bond donors (Lipinski definition) is 2. The van der Waals surface area contributed by atoms with Crippen molar-refractivity contribution in [3.63, 3.8) is 0 Å². The van der Waals surface area contributed by atoms with E-state index in [9.17, 15) is 15.0 Å². The molecule has 1 fully saturated rings. The molecule has 206 valence electrons. The summed E-state index contributed by atoms with van der Waals surface area (Å²) in [6.45, 7) is 8.02. The number of aliphatic hydroxyl groups is 1. The highest BCUT2D eigenvalue weighted by molar-refractivity contribution is 6.30. The van der Waals surface area contributed by atoms with E-state index in [2.05, 4.69) is 33.6 Å². The number of rotatable bonds is 8. The molecule has 3 aromatic rings. The summed E-state index contributed by atoms with van der Waals surface area (Å²) in [5, 5.41) is 21.4. The first-order chi connectivity index (χ1) is 18.9. The molecule has 9 heteroatoms. The van der Waals surface area contributed by atoms with Gasteiger partial charge in [-0.1, -0.05) is 42.8 Å². The second-order valence-electron chi connectivity index (χ2n) is 10.4. The molecule has 1 aliphatic carbocycles. The largest absolute Gasteiger partial charge is 0.506 e. The fraction of sp³-hybridized carbons (Fsp3) is 0.433. The minimum atomic E-state index is -0.541. The first-order valence-electron chi connectivity index (χ1n) is 13.7. The maximum atomic E-state index is 14.0. The third-order valence-electron chi connectivity index (χ3n) is 8.03. The van der Waals surface area contributed by atoms with Crippen molar-refractivity contribution in [2.75, 3.05) is 49.1 Å². The van der Waals surface area contributed by atoms with Gasteiger partial charge in [0.25, 0.3) is 0 Å². The number of phenols is 1. The van der Waals surface area contributed by atoms with Crippen LogP contribution in [-0.2, 0) is 4.79 Å². The fourth-order valence-electron chi connectivity index (χ4n) is 5.91. The van der Waals surface area contributed by atoms with E-state index < -0.39 is 6.10 Å². The van der Waals surface area contributed by atoms with Crippen molar-refractivity contribution in [3.8, 4) is 5.75 Å². The molecule has 1 aromatic heterocycles. The highest BCUT2D eigenvalue weighted by Gasteiger charge is 2.35. The van der Waals surface area contributed by atoms with Crippen LogP contribution in [0.3, 0.4) is 0 Å². The number of hydrogen-bond acceptors (Lipinski definition) is 7. The first-order valence-corrected chi connectivity index (χ1v) is 14.1. The molecule has 39 heavy (non-hydrogen) atoms. The van der Waals surface area contributed by atoms with Crippen LogP contribution in [0.1, 0.15) is 61.4 Å². The second-order valence-corrected chi connectivity index (χ2v) is 10.9. The lowest BCUT2D eigenvalue weighted by Crippen LogP contribution is -2.50. The molecule has 2 N–H and O–H groups in total. The SMILES string of the molecule is CCN(CC[C@@H](C(=O)N1CCN(c2ncnc3c2[C@H](C)C[C@H]3O)CC1)c1ccc(Cl)cc1)c1ccccc1O. The van der Waals surface area contributed by atoms with Gasteiger partial charge in [-0.3, -0.25) is 4.79 Å². The van der Waals surface area contributed by atoms with Crippen molar-refractivity contribution in [2.24, 2.45) is 0 Å². The number of aromatic nitrogens is 2. The highest BCUT2D eigenvalue weighted by Crippen LogP contribution is 2.43. The van der Waals surface area contributed by atoms with Gasteiger partial charge in [0.15, 0.2) is 0 Å². The molecule has 3 atom stereocenters. The van der Waals surface area contributed by atoms with E-state index in [0.717, 1.165) is 28.3 Å². The van der Waals surface area contributed by atoms with Gasteiger partial charge < -0.3 is 24.9 Å². The Bertz CT molecular complexity index is 1300. The monoisotopic (exact) mass is 549 g/mol. The van der Waals surface area contributed by atoms with Gasteiger partial charge in [-0.2, -0.15) is 0 Å². The molecule has 0 unspecified atom stereocenters. The Morgan fingerprint density at radius 1 is 1.10 bits per heavy atom. The van der Waals surface area contributed by atoms with Gasteiger partial charge in [-0.25, -0.2) is 9.97 Å². The fourth-order valence-corrected chi connectivity index (χ4v) is 6.03. The molecule has 2 aliphatic rings. The average Bonchev–Trinajstić information content (AvgIpc) is 3.25. The van der Waals surface area contributed by atoms with Crippen LogP contribution in [0, 0.1) is 0 Å². The third kappa shape index (κ3) is 5.68. The Balaban J connectivity index is 1.31. The van der Waals surface area contributed by atoms with E-state index in [1.165, 1.54) is 6.33 Å². The Morgan fingerprint density at radius 3 is 2.51 bits per heavy atom. The summed E-state index contributed by atoms with van der Waals surface area (Å²) in [5.74, 6) is 1.09. The van der Waals surface area contributed by atoms with Crippen LogP contribution in [0.25, 0.3) is 0 Å². The Morgan fingerprint density at radius 2 is 1.82 bits per heavy atom. The van der Waals surface area contributed by atoms with Crippen LogP contribution in [0.5, 0.6) is 5.75 Å². The Hall–Kier alpha value is -3.36. The molecule has 0 spiro atoms. The average molecular weight is 550 g/mol. The zero-order valence-electron chi connectivity index (χ0n) is 22.5. The van der Waals surface area contributed by atoms with E-state index in [1.54, 1.807) is 6.07 Å². The summed E-state index contributed by atoms with van der Waals surface area (Å²) in [7, 11) is 0. The number of nitrogens with zero attached hydrogens (tertiary/aromatic N) is 5. The normalized spacial score (nSPS) is 19.6. The van der Waals surface area contributed by atoms with Gasteiger partial charge in [-0.05, 0) is 55.5 Å². The number of benzene rings is 2. The van der Waals surface area contributed by atoms with Crippen molar-refractivity contribution < 1.29 is 15.0 Å². The molecular weight excluding hydrogens is 514 g/mol. The van der Waals surface area contributed by atoms with Crippen molar-refractivity contribution in [2.45, 2.75) is 44.6 Å². The van der Waals surface area contributed by atoms with E-state index in [1.807, 2.05) is 47.4 Å². The van der Waals surface area contributed by atoms with E-state index >= 15 is 0 Å². The number of halogens is 1. The zero-order valence-corrected chi connectivity index (χ0v) is 23.3. The minimum absolute atomic E-state index is 0.0991. The molecule has 0 bridgehead atoms. The molecule has 2 aromatic carbocycles. The molecule has 8 nitrogen and oxygen atoms in total. The number of para-hydroxylation sites is 2. The topological polar surface area (TPSA) is 93.0 Å². The maximum Gasteiger partial charge on any atom is 0.230 e. The lowest BCUT2D eigenvalue weighted by Gasteiger charge is -2.38. The smallest absolute Gasteiger partial charge is 0.230 e. The Kier molecular flexibility index (Phi) is 8.23. The van der Waals surface area contributed by atoms with Crippen LogP contribution < -0.4 is 9.80 Å². The summed E-state index contributed by atoms with van der Waals surface area (Å²) in [4.78, 5) is 29.1. The molecule has 1 saturated heterocycles. The van der Waals surface area contributed by atoms with Gasteiger partial charge in [0.05, 0.1) is 23.4 Å². The third-order valence-corrected chi connectivity index (χ3v) is 8.28. The van der Waals surface area contributed by atoms with Crippen LogP contribution in [0.2, 0.25) is 5.02 Å². The standard InChI is InChI=1S/C30H36ClN5O3/c1-3-34(24-6-4-5-7-25(24)37)13-12-23(21-8-10-22(31)11-9-21)30(39)36-16-14-35(15-17-36)29-27-20(2)18-26(38)28(27)32-19-33-29/h4-11,19-20,23,26,37-38H,3,12-18H2,1-2H3/t20-,23-,26-/m1/s1. The zero-order chi connectivity index (χ0) is 27.5. The maximum absolute atomic E-state index is 14.0. The van der Waals surface area contributed by atoms with E-state index in [4.69, 9.17) is 11.6 Å². The van der Waals surface area contributed by atoms with E-state index in [0.29, 0.717) is 57.1 Å². The lowest BCUT2D eigenvalue weighted by molar-refractivity contribution is -0.133. The Labute approximate surface area is 234 Å². The number of phenolic OH excluding ortho intramolecular Hbond substituents is 1. The first kappa shape index (κ1) is 27.2.